The van der Waals surface area contributed by atoms with Gasteiger partial charge in [-0.2, -0.15) is 0 Å². The molecule has 2 atom stereocenters. The van der Waals surface area contributed by atoms with Crippen LogP contribution in [0, 0.1) is 5.92 Å². The first-order valence-corrected chi connectivity index (χ1v) is 8.82. The lowest BCUT2D eigenvalue weighted by molar-refractivity contribution is 0.0895. The molecule has 19 heavy (non-hydrogen) atoms. The number of nitrogens with one attached hydrogen (secondary N) is 1. The zero-order valence-electron chi connectivity index (χ0n) is 13.2. The summed E-state index contributed by atoms with van der Waals surface area (Å²) in [6.45, 7) is 8.51. The van der Waals surface area contributed by atoms with Gasteiger partial charge in [-0.15, -0.1) is 0 Å². The highest BCUT2D eigenvalue weighted by atomic mass is 15.2. The molecule has 2 aliphatic rings. The van der Waals surface area contributed by atoms with Gasteiger partial charge in [0.05, 0.1) is 0 Å². The van der Waals surface area contributed by atoms with Gasteiger partial charge in [0, 0.05) is 25.2 Å². The van der Waals surface area contributed by atoms with Gasteiger partial charge in [0.2, 0.25) is 0 Å². The maximum absolute atomic E-state index is 3.89. The molecule has 0 spiro atoms. The second kappa shape index (κ2) is 8.26. The van der Waals surface area contributed by atoms with E-state index in [1.807, 2.05) is 0 Å². The predicted molar refractivity (Wildman–Crippen MR) is 83.5 cm³/mol. The van der Waals surface area contributed by atoms with E-state index in [9.17, 15) is 0 Å². The topological polar surface area (TPSA) is 15.3 Å². The second-order valence-electron chi connectivity index (χ2n) is 6.70. The maximum atomic E-state index is 3.89. The Labute approximate surface area is 120 Å². The van der Waals surface area contributed by atoms with Crippen molar-refractivity contribution < 1.29 is 0 Å². The third kappa shape index (κ3) is 4.46. The van der Waals surface area contributed by atoms with Crippen LogP contribution >= 0.6 is 0 Å². The molecule has 1 aliphatic heterocycles. The van der Waals surface area contributed by atoms with E-state index in [0.29, 0.717) is 0 Å². The molecule has 0 aromatic carbocycles. The third-order valence-electron chi connectivity index (χ3n) is 5.20. The minimum atomic E-state index is 0.783. The summed E-state index contributed by atoms with van der Waals surface area (Å²) in [6.07, 6.45) is 12.7. The summed E-state index contributed by atoms with van der Waals surface area (Å²) >= 11 is 0. The first-order valence-electron chi connectivity index (χ1n) is 8.82. The Kier molecular flexibility index (Phi) is 6.66. The number of rotatable bonds is 6. The highest BCUT2D eigenvalue weighted by Crippen LogP contribution is 2.29. The molecular weight excluding hydrogens is 232 g/mol. The molecule has 2 fully saturated rings. The Morgan fingerprint density at radius 2 is 1.84 bits per heavy atom. The molecule has 0 aromatic rings. The average Bonchev–Trinajstić information content (AvgIpc) is 2.47. The Morgan fingerprint density at radius 3 is 2.53 bits per heavy atom. The fourth-order valence-electron chi connectivity index (χ4n) is 3.99. The smallest absolute Gasteiger partial charge is 0.0224 e. The molecule has 0 radical (unpaired) electrons. The highest BCUT2D eigenvalue weighted by molar-refractivity contribution is 4.90. The molecule has 1 N–H and O–H groups in total. The van der Waals surface area contributed by atoms with Gasteiger partial charge in [0.25, 0.3) is 0 Å². The zero-order chi connectivity index (χ0) is 13.5. The molecule has 1 heterocycles. The zero-order valence-corrected chi connectivity index (χ0v) is 13.2. The number of hydrogen-bond acceptors (Lipinski definition) is 2. The molecular formula is C17H34N2. The normalized spacial score (nSPS) is 30.6. The van der Waals surface area contributed by atoms with Gasteiger partial charge in [-0.25, -0.2) is 0 Å². The monoisotopic (exact) mass is 266 g/mol. The van der Waals surface area contributed by atoms with Crippen LogP contribution in [0.2, 0.25) is 0 Å². The summed E-state index contributed by atoms with van der Waals surface area (Å²) in [6, 6.07) is 1.58. The van der Waals surface area contributed by atoms with Crippen LogP contribution in [0.4, 0.5) is 0 Å². The van der Waals surface area contributed by atoms with Crippen LogP contribution in [-0.2, 0) is 0 Å². The maximum Gasteiger partial charge on any atom is 0.0224 e. The number of unbranched alkanes of at least 4 members (excludes halogenated alkanes) is 1. The number of piperazine rings is 1. The van der Waals surface area contributed by atoms with Crippen molar-refractivity contribution in [3.05, 3.63) is 0 Å². The Morgan fingerprint density at radius 1 is 1.05 bits per heavy atom. The summed E-state index contributed by atoms with van der Waals surface area (Å²) in [5, 5.41) is 3.89. The number of hydrogen-bond donors (Lipinski definition) is 1. The van der Waals surface area contributed by atoms with E-state index in [1.165, 1.54) is 77.4 Å². The van der Waals surface area contributed by atoms with E-state index >= 15 is 0 Å². The fraction of sp³-hybridized carbons (Fsp3) is 1.00. The SMILES string of the molecule is CCCCN1CC(C2CCCCC2)NCC1CCC. The summed E-state index contributed by atoms with van der Waals surface area (Å²) in [7, 11) is 0. The van der Waals surface area contributed by atoms with Crippen molar-refractivity contribution in [3.8, 4) is 0 Å². The van der Waals surface area contributed by atoms with Gasteiger partial charge in [0.15, 0.2) is 0 Å². The van der Waals surface area contributed by atoms with Crippen molar-refractivity contribution in [1.82, 2.24) is 10.2 Å². The molecule has 112 valence electrons. The molecule has 2 unspecified atom stereocenters. The molecule has 0 bridgehead atoms. The highest BCUT2D eigenvalue weighted by Gasteiger charge is 2.31. The first-order chi connectivity index (χ1) is 9.35. The summed E-state index contributed by atoms with van der Waals surface area (Å²) in [5.41, 5.74) is 0. The van der Waals surface area contributed by atoms with Crippen molar-refractivity contribution in [3.63, 3.8) is 0 Å². The van der Waals surface area contributed by atoms with Gasteiger partial charge in [-0.05, 0) is 38.1 Å². The van der Waals surface area contributed by atoms with Crippen molar-refractivity contribution in [2.45, 2.75) is 83.7 Å². The van der Waals surface area contributed by atoms with Crippen LogP contribution < -0.4 is 5.32 Å². The predicted octanol–water partition coefficient (Wildman–Crippen LogP) is 3.81. The van der Waals surface area contributed by atoms with Gasteiger partial charge in [-0.1, -0.05) is 46.0 Å². The van der Waals surface area contributed by atoms with Gasteiger partial charge in [0.1, 0.15) is 0 Å². The second-order valence-corrected chi connectivity index (χ2v) is 6.70. The Balaban J connectivity index is 1.87. The van der Waals surface area contributed by atoms with E-state index in [1.54, 1.807) is 0 Å². The minimum absolute atomic E-state index is 0.783. The Hall–Kier alpha value is -0.0800. The van der Waals surface area contributed by atoms with Crippen LogP contribution in [0.25, 0.3) is 0 Å². The molecule has 0 amide bonds. The minimum Gasteiger partial charge on any atom is -0.311 e. The van der Waals surface area contributed by atoms with Crippen LogP contribution in [0.15, 0.2) is 0 Å². The average molecular weight is 266 g/mol. The lowest BCUT2D eigenvalue weighted by Gasteiger charge is -2.44. The van der Waals surface area contributed by atoms with E-state index in [-0.39, 0.29) is 0 Å². The standard InChI is InChI=1S/C17H34N2/c1-3-5-12-19-14-17(15-10-7-6-8-11-15)18-13-16(19)9-4-2/h15-18H,3-14H2,1-2H3. The van der Waals surface area contributed by atoms with Crippen LogP contribution in [0.5, 0.6) is 0 Å². The largest absolute Gasteiger partial charge is 0.311 e. The number of nitrogens with zero attached hydrogens (tertiary/aromatic N) is 1. The van der Waals surface area contributed by atoms with E-state index in [2.05, 4.69) is 24.1 Å². The summed E-state index contributed by atoms with van der Waals surface area (Å²) in [4.78, 5) is 2.81. The Bertz CT molecular complexity index is 235. The van der Waals surface area contributed by atoms with Crippen molar-refractivity contribution >= 4 is 0 Å². The van der Waals surface area contributed by atoms with Crippen LogP contribution in [0.3, 0.4) is 0 Å². The molecule has 2 heteroatoms. The van der Waals surface area contributed by atoms with Crippen molar-refractivity contribution in [2.75, 3.05) is 19.6 Å². The summed E-state index contributed by atoms with van der Waals surface area (Å²) in [5.74, 6) is 0.959. The van der Waals surface area contributed by atoms with Crippen LogP contribution in [-0.4, -0.2) is 36.6 Å². The first kappa shape index (κ1) is 15.3. The van der Waals surface area contributed by atoms with E-state index < -0.39 is 0 Å². The molecule has 1 saturated carbocycles. The third-order valence-corrected chi connectivity index (χ3v) is 5.20. The molecule has 1 aliphatic carbocycles. The molecule has 0 aromatic heterocycles. The quantitative estimate of drug-likeness (QED) is 0.786. The fourth-order valence-corrected chi connectivity index (χ4v) is 3.99. The molecule has 1 saturated heterocycles. The van der Waals surface area contributed by atoms with Gasteiger partial charge < -0.3 is 5.32 Å². The van der Waals surface area contributed by atoms with Gasteiger partial charge >= 0.3 is 0 Å². The lowest BCUT2D eigenvalue weighted by atomic mass is 9.82. The van der Waals surface area contributed by atoms with E-state index in [4.69, 9.17) is 0 Å². The van der Waals surface area contributed by atoms with Gasteiger partial charge in [-0.3, -0.25) is 4.90 Å². The molecule has 2 rings (SSSR count). The van der Waals surface area contributed by atoms with Crippen molar-refractivity contribution in [1.29, 1.82) is 0 Å². The van der Waals surface area contributed by atoms with Crippen LogP contribution in [0.1, 0.15) is 71.6 Å². The van der Waals surface area contributed by atoms with E-state index in [0.717, 1.165) is 18.0 Å². The van der Waals surface area contributed by atoms with Crippen molar-refractivity contribution in [2.24, 2.45) is 5.92 Å². The summed E-state index contributed by atoms with van der Waals surface area (Å²) < 4.78 is 0. The lowest BCUT2D eigenvalue weighted by Crippen LogP contribution is -2.58. The molecule has 2 nitrogen and oxygen atoms in total.